The van der Waals surface area contributed by atoms with Crippen LogP contribution in [0.15, 0.2) is 0 Å². The van der Waals surface area contributed by atoms with Crippen LogP contribution in [0.5, 0.6) is 0 Å². The molecule has 1 fully saturated rings. The second-order valence-corrected chi connectivity index (χ2v) is 4.76. The molecule has 1 rings (SSSR count). The molecule has 0 aromatic rings. The number of aliphatic carboxylic acids is 1. The lowest BCUT2D eigenvalue weighted by Gasteiger charge is -2.16. The van der Waals surface area contributed by atoms with E-state index in [1.54, 1.807) is 0 Å². The van der Waals surface area contributed by atoms with Crippen LogP contribution in [0.2, 0.25) is 0 Å². The maximum absolute atomic E-state index is 10.6. The third kappa shape index (κ3) is 3.29. The smallest absolute Gasteiger partial charge is 0.308 e. The zero-order valence-electron chi connectivity index (χ0n) is 9.36. The van der Waals surface area contributed by atoms with Crippen molar-refractivity contribution in [1.82, 2.24) is 4.90 Å². The van der Waals surface area contributed by atoms with Gasteiger partial charge in [0.15, 0.2) is 0 Å². The Kier molecular flexibility index (Phi) is 3.93. The van der Waals surface area contributed by atoms with Gasteiger partial charge in [-0.05, 0) is 38.8 Å². The van der Waals surface area contributed by atoms with Gasteiger partial charge in [-0.1, -0.05) is 13.8 Å². The van der Waals surface area contributed by atoms with Gasteiger partial charge in [0.1, 0.15) is 0 Å². The van der Waals surface area contributed by atoms with E-state index in [-0.39, 0.29) is 5.92 Å². The minimum absolute atomic E-state index is 0.0981. The highest BCUT2D eigenvalue weighted by molar-refractivity contribution is 5.74. The fraction of sp³-hybridized carbons (Fsp3) is 0.909. The van der Waals surface area contributed by atoms with Crippen molar-refractivity contribution < 1.29 is 9.90 Å². The van der Waals surface area contributed by atoms with E-state index in [1.807, 2.05) is 7.05 Å². The van der Waals surface area contributed by atoms with E-state index in [2.05, 4.69) is 18.7 Å². The zero-order chi connectivity index (χ0) is 10.7. The first-order valence-electron chi connectivity index (χ1n) is 5.45. The monoisotopic (exact) mass is 199 g/mol. The number of rotatable bonds is 6. The summed E-state index contributed by atoms with van der Waals surface area (Å²) in [7, 11) is 2.04. The maximum Gasteiger partial charge on any atom is 0.308 e. The number of hydrogen-bond acceptors (Lipinski definition) is 2. The zero-order valence-corrected chi connectivity index (χ0v) is 9.36. The first-order valence-corrected chi connectivity index (χ1v) is 5.45. The van der Waals surface area contributed by atoms with Crippen molar-refractivity contribution in [3.8, 4) is 0 Å². The van der Waals surface area contributed by atoms with Crippen LogP contribution < -0.4 is 0 Å². The average Bonchev–Trinajstić information content (AvgIpc) is 2.81. The molecule has 0 aliphatic heterocycles. The van der Waals surface area contributed by atoms with Crippen molar-refractivity contribution in [2.45, 2.75) is 39.2 Å². The summed E-state index contributed by atoms with van der Waals surface area (Å²) in [6.07, 6.45) is 3.25. The van der Waals surface area contributed by atoms with E-state index < -0.39 is 5.97 Å². The van der Waals surface area contributed by atoms with Crippen molar-refractivity contribution in [3.05, 3.63) is 0 Å². The molecule has 1 saturated carbocycles. The largest absolute Gasteiger partial charge is 0.481 e. The first-order chi connectivity index (χ1) is 6.52. The third-order valence-electron chi connectivity index (χ3n) is 2.93. The molecule has 0 aromatic carbocycles. The van der Waals surface area contributed by atoms with Crippen LogP contribution in [0.25, 0.3) is 0 Å². The lowest BCUT2D eigenvalue weighted by Crippen LogP contribution is -2.25. The fourth-order valence-electron chi connectivity index (χ4n) is 1.85. The van der Waals surface area contributed by atoms with Crippen molar-refractivity contribution in [2.75, 3.05) is 13.6 Å². The number of carboxylic acid groups (broad SMARTS) is 1. The predicted octanol–water partition coefficient (Wildman–Crippen LogP) is 1.83. The molecule has 14 heavy (non-hydrogen) atoms. The fourth-order valence-corrected chi connectivity index (χ4v) is 1.85. The van der Waals surface area contributed by atoms with Crippen LogP contribution in [-0.4, -0.2) is 35.6 Å². The van der Waals surface area contributed by atoms with Crippen LogP contribution in [0.1, 0.15) is 33.1 Å². The van der Waals surface area contributed by atoms with Crippen LogP contribution in [-0.2, 0) is 4.79 Å². The Bertz CT molecular complexity index is 203. The molecule has 2 atom stereocenters. The van der Waals surface area contributed by atoms with E-state index in [4.69, 9.17) is 5.11 Å². The van der Waals surface area contributed by atoms with Gasteiger partial charge < -0.3 is 10.0 Å². The molecule has 0 spiro atoms. The van der Waals surface area contributed by atoms with Crippen LogP contribution in [0, 0.1) is 11.8 Å². The van der Waals surface area contributed by atoms with Crippen LogP contribution >= 0.6 is 0 Å². The van der Waals surface area contributed by atoms with Crippen LogP contribution in [0.3, 0.4) is 0 Å². The quantitative estimate of drug-likeness (QED) is 0.709. The number of hydrogen-bond donors (Lipinski definition) is 1. The number of nitrogens with zero attached hydrogens (tertiary/aromatic N) is 1. The molecular formula is C11H21NO2. The van der Waals surface area contributed by atoms with Gasteiger partial charge in [0.05, 0.1) is 5.92 Å². The van der Waals surface area contributed by atoms with Crippen molar-refractivity contribution in [1.29, 1.82) is 0 Å². The Labute approximate surface area is 86.1 Å². The highest BCUT2D eigenvalue weighted by Crippen LogP contribution is 2.35. The van der Waals surface area contributed by atoms with Gasteiger partial charge >= 0.3 is 5.97 Å². The molecule has 3 nitrogen and oxygen atoms in total. The second kappa shape index (κ2) is 4.78. The van der Waals surface area contributed by atoms with Gasteiger partial charge in [-0.2, -0.15) is 0 Å². The molecular weight excluding hydrogens is 178 g/mol. The lowest BCUT2D eigenvalue weighted by atomic mass is 10.1. The Balaban J connectivity index is 2.12. The standard InChI is InChI=1S/C11H21NO2/c1-8(2)5-4-6-12(3)10-7-9(10)11(13)14/h8-10H,4-7H2,1-3H3,(H,13,14). The minimum atomic E-state index is -0.634. The van der Waals surface area contributed by atoms with Gasteiger partial charge in [-0.3, -0.25) is 4.79 Å². The molecule has 0 bridgehead atoms. The van der Waals surface area contributed by atoms with Crippen molar-refractivity contribution in [3.63, 3.8) is 0 Å². The molecule has 1 aliphatic rings. The summed E-state index contributed by atoms with van der Waals surface area (Å²) < 4.78 is 0. The highest BCUT2D eigenvalue weighted by atomic mass is 16.4. The van der Waals surface area contributed by atoms with Crippen molar-refractivity contribution >= 4 is 5.97 Å². The van der Waals surface area contributed by atoms with Gasteiger partial charge in [0.2, 0.25) is 0 Å². The summed E-state index contributed by atoms with van der Waals surface area (Å²) in [6, 6.07) is 0.305. The van der Waals surface area contributed by atoms with Gasteiger partial charge in [0.25, 0.3) is 0 Å². The number of carboxylic acids is 1. The van der Waals surface area contributed by atoms with Gasteiger partial charge in [-0.15, -0.1) is 0 Å². The SMILES string of the molecule is CC(C)CCCN(C)C1CC1C(=O)O. The normalized spacial score (nSPS) is 25.8. The van der Waals surface area contributed by atoms with E-state index >= 15 is 0 Å². The second-order valence-electron chi connectivity index (χ2n) is 4.76. The van der Waals surface area contributed by atoms with E-state index in [0.717, 1.165) is 18.9 Å². The Morgan fingerprint density at radius 3 is 2.64 bits per heavy atom. The summed E-state index contributed by atoms with van der Waals surface area (Å²) in [6.45, 7) is 5.47. The minimum Gasteiger partial charge on any atom is -0.481 e. The van der Waals surface area contributed by atoms with Gasteiger partial charge in [-0.25, -0.2) is 0 Å². The first kappa shape index (κ1) is 11.5. The van der Waals surface area contributed by atoms with E-state index in [0.29, 0.717) is 6.04 Å². The summed E-state index contributed by atoms with van der Waals surface area (Å²) >= 11 is 0. The molecule has 1 aliphatic carbocycles. The number of carbonyl (C=O) groups is 1. The van der Waals surface area contributed by atoms with E-state index in [1.165, 1.54) is 12.8 Å². The third-order valence-corrected chi connectivity index (χ3v) is 2.93. The predicted molar refractivity (Wildman–Crippen MR) is 56.2 cm³/mol. The van der Waals surface area contributed by atoms with Crippen LogP contribution in [0.4, 0.5) is 0 Å². The summed E-state index contributed by atoms with van der Waals surface area (Å²) in [5.41, 5.74) is 0. The van der Waals surface area contributed by atoms with Gasteiger partial charge in [0, 0.05) is 6.04 Å². The molecule has 0 amide bonds. The molecule has 3 heteroatoms. The maximum atomic E-state index is 10.6. The van der Waals surface area contributed by atoms with E-state index in [9.17, 15) is 4.79 Å². The highest BCUT2D eigenvalue weighted by Gasteiger charge is 2.45. The summed E-state index contributed by atoms with van der Waals surface area (Å²) in [4.78, 5) is 12.8. The summed E-state index contributed by atoms with van der Waals surface area (Å²) in [5.74, 6) is 0.0163. The Morgan fingerprint density at radius 1 is 1.57 bits per heavy atom. The molecule has 2 unspecified atom stereocenters. The molecule has 0 saturated heterocycles. The summed E-state index contributed by atoms with van der Waals surface area (Å²) in [5, 5.41) is 8.76. The van der Waals surface area contributed by atoms with Crippen molar-refractivity contribution in [2.24, 2.45) is 11.8 Å². The molecule has 0 radical (unpaired) electrons. The average molecular weight is 199 g/mol. The molecule has 82 valence electrons. The Hall–Kier alpha value is -0.570. The lowest BCUT2D eigenvalue weighted by molar-refractivity contribution is -0.138. The topological polar surface area (TPSA) is 40.5 Å². The molecule has 1 N–H and O–H groups in total. The Morgan fingerprint density at radius 2 is 2.21 bits per heavy atom. The molecule has 0 heterocycles. The molecule has 0 aromatic heterocycles.